The first-order valence-electron chi connectivity index (χ1n) is 6.70. The zero-order valence-corrected chi connectivity index (χ0v) is 11.9. The lowest BCUT2D eigenvalue weighted by atomic mass is 10.1. The summed E-state index contributed by atoms with van der Waals surface area (Å²) in [5.41, 5.74) is 0.248. The van der Waals surface area contributed by atoms with Gasteiger partial charge in [0.2, 0.25) is 0 Å². The van der Waals surface area contributed by atoms with Crippen LogP contribution in [0.2, 0.25) is 5.02 Å². The highest BCUT2D eigenvalue weighted by molar-refractivity contribution is 6.30. The van der Waals surface area contributed by atoms with Gasteiger partial charge in [-0.2, -0.15) is 0 Å². The lowest BCUT2D eigenvalue weighted by Gasteiger charge is -2.25. The molecule has 1 amide bonds. The van der Waals surface area contributed by atoms with Crippen LogP contribution in [0.4, 0.5) is 4.39 Å². The van der Waals surface area contributed by atoms with Gasteiger partial charge in [-0.15, -0.1) is 0 Å². The van der Waals surface area contributed by atoms with Gasteiger partial charge in [0.15, 0.2) is 0 Å². The maximum atomic E-state index is 13.4. The molecule has 20 heavy (non-hydrogen) atoms. The molecule has 0 bridgehead atoms. The maximum Gasteiger partial charge on any atom is 0.254 e. The maximum absolute atomic E-state index is 13.4. The molecule has 1 heterocycles. The van der Waals surface area contributed by atoms with Crippen LogP contribution in [-0.4, -0.2) is 48.2 Å². The second-order valence-corrected chi connectivity index (χ2v) is 5.30. The van der Waals surface area contributed by atoms with Crippen LogP contribution in [0, 0.1) is 5.82 Å². The van der Waals surface area contributed by atoms with Crippen LogP contribution >= 0.6 is 11.6 Å². The highest BCUT2D eigenvalue weighted by Gasteiger charge is 2.22. The molecule has 4 nitrogen and oxygen atoms in total. The number of carbonyl (C=O) groups excluding carboxylic acids is 1. The molecule has 0 aromatic heterocycles. The second-order valence-electron chi connectivity index (χ2n) is 4.90. The quantitative estimate of drug-likeness (QED) is 0.870. The van der Waals surface area contributed by atoms with Crippen LogP contribution in [0.15, 0.2) is 18.2 Å². The molecular weight excluding hydrogens is 283 g/mol. The van der Waals surface area contributed by atoms with Crippen molar-refractivity contribution in [2.75, 3.05) is 26.2 Å². The molecule has 0 spiro atoms. The summed E-state index contributed by atoms with van der Waals surface area (Å²) in [6.45, 7) is 1.58. The first-order chi connectivity index (χ1) is 9.61. The summed E-state index contributed by atoms with van der Waals surface area (Å²) >= 11 is 5.61. The van der Waals surface area contributed by atoms with Crippen molar-refractivity contribution in [3.8, 4) is 0 Å². The molecule has 2 rings (SSSR count). The molecule has 1 aromatic rings. The van der Waals surface area contributed by atoms with Crippen molar-refractivity contribution in [1.29, 1.82) is 0 Å². The molecule has 1 aromatic carbocycles. The highest BCUT2D eigenvalue weighted by atomic mass is 35.5. The van der Waals surface area contributed by atoms with E-state index in [0.29, 0.717) is 6.54 Å². The van der Waals surface area contributed by atoms with Crippen molar-refractivity contribution in [3.63, 3.8) is 0 Å². The molecule has 0 saturated carbocycles. The van der Waals surface area contributed by atoms with Gasteiger partial charge in [0, 0.05) is 24.7 Å². The van der Waals surface area contributed by atoms with Gasteiger partial charge < -0.3 is 15.3 Å². The fourth-order valence-corrected chi connectivity index (χ4v) is 2.50. The molecule has 1 fully saturated rings. The van der Waals surface area contributed by atoms with Crippen LogP contribution in [0.3, 0.4) is 0 Å². The number of hydrogen-bond acceptors (Lipinski definition) is 3. The van der Waals surface area contributed by atoms with Gasteiger partial charge in [-0.1, -0.05) is 11.6 Å². The standard InChI is InChI=1S/C14H18ClFN2O2/c15-12-4-3-10(8-13(12)16)14(20)18(6-7-19)9-11-2-1-5-17-11/h3-4,8,11,17,19H,1-2,5-7,9H2. The smallest absolute Gasteiger partial charge is 0.254 e. The van der Waals surface area contributed by atoms with E-state index in [1.165, 1.54) is 12.1 Å². The minimum absolute atomic E-state index is 0.00674. The molecule has 1 aliphatic heterocycles. The topological polar surface area (TPSA) is 52.6 Å². The normalized spacial score (nSPS) is 18.2. The number of nitrogens with zero attached hydrogens (tertiary/aromatic N) is 1. The number of aliphatic hydroxyl groups excluding tert-OH is 1. The van der Waals surface area contributed by atoms with E-state index < -0.39 is 5.82 Å². The van der Waals surface area contributed by atoms with Crippen LogP contribution in [0.5, 0.6) is 0 Å². The highest BCUT2D eigenvalue weighted by Crippen LogP contribution is 2.17. The largest absolute Gasteiger partial charge is 0.395 e. The molecule has 2 N–H and O–H groups in total. The van der Waals surface area contributed by atoms with Crippen molar-refractivity contribution in [2.45, 2.75) is 18.9 Å². The minimum Gasteiger partial charge on any atom is -0.395 e. The van der Waals surface area contributed by atoms with Crippen molar-refractivity contribution in [2.24, 2.45) is 0 Å². The average Bonchev–Trinajstić information content (AvgIpc) is 2.93. The van der Waals surface area contributed by atoms with Crippen LogP contribution < -0.4 is 5.32 Å². The van der Waals surface area contributed by atoms with Crippen LogP contribution in [-0.2, 0) is 0 Å². The Morgan fingerprint density at radius 2 is 2.35 bits per heavy atom. The van der Waals surface area contributed by atoms with Crippen LogP contribution in [0.25, 0.3) is 0 Å². The molecule has 110 valence electrons. The Kier molecular flexibility index (Phi) is 5.34. The predicted molar refractivity (Wildman–Crippen MR) is 75.4 cm³/mol. The van der Waals surface area contributed by atoms with Crippen molar-refractivity contribution in [1.82, 2.24) is 10.2 Å². The molecule has 6 heteroatoms. The van der Waals surface area contributed by atoms with E-state index in [2.05, 4.69) is 5.32 Å². The zero-order chi connectivity index (χ0) is 14.5. The summed E-state index contributed by atoms with van der Waals surface area (Å²) in [4.78, 5) is 13.9. The number of rotatable bonds is 5. The first kappa shape index (κ1) is 15.2. The van der Waals surface area contributed by atoms with Crippen molar-refractivity contribution in [3.05, 3.63) is 34.6 Å². The number of benzene rings is 1. The Morgan fingerprint density at radius 3 is 2.95 bits per heavy atom. The van der Waals surface area contributed by atoms with E-state index in [-0.39, 0.29) is 35.7 Å². The van der Waals surface area contributed by atoms with Gasteiger partial charge in [0.1, 0.15) is 5.82 Å². The third-order valence-corrected chi connectivity index (χ3v) is 3.73. The SMILES string of the molecule is O=C(c1ccc(Cl)c(F)c1)N(CCO)CC1CCCN1. The number of nitrogens with one attached hydrogen (secondary N) is 1. The third kappa shape index (κ3) is 3.69. The summed E-state index contributed by atoms with van der Waals surface area (Å²) in [5, 5.41) is 12.4. The van der Waals surface area contributed by atoms with E-state index in [1.54, 1.807) is 4.90 Å². The molecule has 1 atom stereocenters. The second kappa shape index (κ2) is 7.02. The number of amides is 1. The Bertz CT molecular complexity index is 478. The first-order valence-corrected chi connectivity index (χ1v) is 7.08. The minimum atomic E-state index is -0.611. The molecule has 1 aliphatic rings. The van der Waals surface area contributed by atoms with Crippen LogP contribution in [0.1, 0.15) is 23.2 Å². The summed E-state index contributed by atoms with van der Waals surface area (Å²) in [6, 6.07) is 4.24. The monoisotopic (exact) mass is 300 g/mol. The Hall–Kier alpha value is -1.17. The lowest BCUT2D eigenvalue weighted by Crippen LogP contribution is -2.42. The lowest BCUT2D eigenvalue weighted by molar-refractivity contribution is 0.0706. The number of carbonyl (C=O) groups is 1. The summed E-state index contributed by atoms with van der Waals surface area (Å²) in [7, 11) is 0. The zero-order valence-electron chi connectivity index (χ0n) is 11.1. The van der Waals surface area contributed by atoms with E-state index in [9.17, 15) is 9.18 Å². The Morgan fingerprint density at radius 1 is 1.55 bits per heavy atom. The molecule has 1 saturated heterocycles. The fourth-order valence-electron chi connectivity index (χ4n) is 2.39. The van der Waals surface area contributed by atoms with E-state index in [0.717, 1.165) is 25.5 Å². The Balaban J connectivity index is 2.10. The van der Waals surface area contributed by atoms with Gasteiger partial charge in [0.05, 0.1) is 11.6 Å². The predicted octanol–water partition coefficient (Wildman–Crippen LogP) is 1.67. The van der Waals surface area contributed by atoms with E-state index >= 15 is 0 Å². The van der Waals surface area contributed by atoms with Crippen molar-refractivity contribution < 1.29 is 14.3 Å². The molecule has 0 radical (unpaired) electrons. The van der Waals surface area contributed by atoms with E-state index in [1.807, 2.05) is 0 Å². The van der Waals surface area contributed by atoms with E-state index in [4.69, 9.17) is 16.7 Å². The van der Waals surface area contributed by atoms with Crippen molar-refractivity contribution >= 4 is 17.5 Å². The van der Waals surface area contributed by atoms with Gasteiger partial charge in [0.25, 0.3) is 5.91 Å². The van der Waals surface area contributed by atoms with Gasteiger partial charge >= 0.3 is 0 Å². The molecule has 0 aliphatic carbocycles. The molecule has 1 unspecified atom stereocenters. The summed E-state index contributed by atoms with van der Waals surface area (Å²) in [5.74, 6) is -0.899. The third-order valence-electron chi connectivity index (χ3n) is 3.43. The summed E-state index contributed by atoms with van der Waals surface area (Å²) < 4.78 is 13.4. The number of halogens is 2. The average molecular weight is 301 g/mol. The Labute approximate surface area is 122 Å². The van der Waals surface area contributed by atoms with Gasteiger partial charge in [-0.3, -0.25) is 4.79 Å². The van der Waals surface area contributed by atoms with Gasteiger partial charge in [-0.25, -0.2) is 4.39 Å². The fraction of sp³-hybridized carbons (Fsp3) is 0.500. The molecular formula is C14H18ClFN2O2. The number of hydrogen-bond donors (Lipinski definition) is 2. The number of aliphatic hydroxyl groups is 1. The van der Waals surface area contributed by atoms with Gasteiger partial charge in [-0.05, 0) is 37.6 Å². The summed E-state index contributed by atoms with van der Waals surface area (Å²) in [6.07, 6.45) is 2.09.